The average molecular weight is 512 g/mol. The van der Waals surface area contributed by atoms with E-state index in [2.05, 4.69) is 56.6 Å². The number of esters is 1. The highest BCUT2D eigenvalue weighted by Gasteiger charge is 2.40. The van der Waals surface area contributed by atoms with Crippen LogP contribution in [0.3, 0.4) is 0 Å². The predicted molar refractivity (Wildman–Crippen MR) is 134 cm³/mol. The zero-order valence-corrected chi connectivity index (χ0v) is 20.7. The Bertz CT molecular complexity index is 1330. The van der Waals surface area contributed by atoms with E-state index in [0.717, 1.165) is 54.1 Å². The van der Waals surface area contributed by atoms with Gasteiger partial charge in [0.2, 0.25) is 0 Å². The zero-order valence-electron chi connectivity index (χ0n) is 20.7. The molecule has 0 amide bonds. The molecule has 0 bridgehead atoms. The number of nitrogens with one attached hydrogen (secondary N) is 1. The maximum absolute atomic E-state index is 12.4. The first kappa shape index (κ1) is 25.0. The van der Waals surface area contributed by atoms with E-state index in [1.807, 2.05) is 11.6 Å². The van der Waals surface area contributed by atoms with E-state index in [-0.39, 0.29) is 6.04 Å². The van der Waals surface area contributed by atoms with Crippen LogP contribution in [0.1, 0.15) is 41.3 Å². The molecule has 1 atom stereocenters. The molecule has 1 aromatic heterocycles. The third-order valence-corrected chi connectivity index (χ3v) is 6.89. The summed E-state index contributed by atoms with van der Waals surface area (Å²) in [5, 5.41) is 12.2. The summed E-state index contributed by atoms with van der Waals surface area (Å²) in [4.78, 5) is 13.3. The van der Waals surface area contributed by atoms with Crippen molar-refractivity contribution in [2.24, 2.45) is 0 Å². The Morgan fingerprint density at radius 2 is 1.95 bits per heavy atom. The van der Waals surface area contributed by atoms with Crippen molar-refractivity contribution in [3.63, 3.8) is 0 Å². The van der Waals surface area contributed by atoms with E-state index in [1.54, 1.807) is 24.3 Å². The smallest absolute Gasteiger partial charge is 0.454 e. The molecule has 7 nitrogen and oxygen atoms in total. The minimum absolute atomic E-state index is 0.0168. The lowest BCUT2D eigenvalue weighted by atomic mass is 9.90. The summed E-state index contributed by atoms with van der Waals surface area (Å²) in [5.74, 6) is -2.19. The number of hydrogen-bond donors (Lipinski definition) is 1. The van der Waals surface area contributed by atoms with Gasteiger partial charge in [0, 0.05) is 30.9 Å². The van der Waals surface area contributed by atoms with Crippen LogP contribution in [0.2, 0.25) is 0 Å². The average Bonchev–Trinajstić information content (AvgIpc) is 3.17. The van der Waals surface area contributed by atoms with E-state index >= 15 is 0 Å². The highest BCUT2D eigenvalue weighted by molar-refractivity contribution is 5.76. The molecule has 2 aliphatic rings. The number of likely N-dealkylation sites (N-methyl/N-ethyl adjacent to an activating group) is 1. The van der Waals surface area contributed by atoms with Crippen LogP contribution in [0, 0.1) is 6.92 Å². The van der Waals surface area contributed by atoms with Gasteiger partial charge in [-0.25, -0.2) is 9.48 Å². The number of hydrogen-bond acceptors (Lipinski definition) is 6. The van der Waals surface area contributed by atoms with Gasteiger partial charge in [0.05, 0.1) is 17.4 Å². The van der Waals surface area contributed by atoms with Crippen LogP contribution in [0.5, 0.6) is 0 Å². The number of nitrogens with zero attached hydrogens (tertiary/aromatic N) is 4. The number of carbonyl (C=O) groups excluding carboxylic acids is 1. The van der Waals surface area contributed by atoms with Crippen molar-refractivity contribution in [1.82, 2.24) is 19.9 Å². The molecule has 2 aliphatic heterocycles. The van der Waals surface area contributed by atoms with Crippen molar-refractivity contribution in [3.8, 4) is 11.3 Å². The summed E-state index contributed by atoms with van der Waals surface area (Å²) >= 11 is 0. The van der Waals surface area contributed by atoms with Gasteiger partial charge in [0.1, 0.15) is 6.61 Å². The van der Waals surface area contributed by atoms with Crippen molar-refractivity contribution in [3.05, 3.63) is 70.9 Å². The number of ether oxygens (including phenoxy) is 1. The third kappa shape index (κ3) is 5.39. The first-order valence-electron chi connectivity index (χ1n) is 12.2. The Labute approximate surface area is 212 Å². The normalized spacial score (nSPS) is 17.9. The van der Waals surface area contributed by atoms with Gasteiger partial charge in [-0.1, -0.05) is 35.6 Å². The van der Waals surface area contributed by atoms with Gasteiger partial charge in [-0.3, -0.25) is 0 Å². The number of fused-ring (bicyclic) bond motifs is 3. The molecular weight excluding hydrogens is 483 g/mol. The molecule has 5 rings (SSSR count). The Balaban J connectivity index is 1.41. The monoisotopic (exact) mass is 511 g/mol. The number of anilines is 1. The predicted octanol–water partition coefficient (Wildman–Crippen LogP) is 5.13. The largest absolute Gasteiger partial charge is 0.490 e. The highest BCUT2D eigenvalue weighted by atomic mass is 19.4. The van der Waals surface area contributed by atoms with Gasteiger partial charge in [-0.05, 0) is 67.3 Å². The first-order valence-corrected chi connectivity index (χ1v) is 12.2. The SMILES string of the molecule is Cc1nnn2c1-c1ccc(C3=CCN(C)CC3)cc1C(Nc1ccc(COC(=O)C(F)(F)F)cc1)CC2. The summed E-state index contributed by atoms with van der Waals surface area (Å²) in [7, 11) is 2.12. The molecule has 10 heteroatoms. The number of aryl methyl sites for hydroxylation is 2. The van der Waals surface area contributed by atoms with Crippen LogP contribution >= 0.6 is 0 Å². The second-order valence-corrected chi connectivity index (χ2v) is 9.55. The topological polar surface area (TPSA) is 72.3 Å². The van der Waals surface area contributed by atoms with Gasteiger partial charge < -0.3 is 15.0 Å². The Kier molecular flexibility index (Phi) is 6.76. The molecule has 0 saturated heterocycles. The fraction of sp³-hybridized carbons (Fsp3) is 0.370. The van der Waals surface area contributed by atoms with Gasteiger partial charge in [-0.15, -0.1) is 5.10 Å². The number of carbonyl (C=O) groups is 1. The molecular formula is C27H28F3N5O2. The van der Waals surface area contributed by atoms with Gasteiger partial charge in [0.25, 0.3) is 0 Å². The maximum atomic E-state index is 12.4. The molecule has 0 saturated carbocycles. The van der Waals surface area contributed by atoms with E-state index in [4.69, 9.17) is 0 Å². The summed E-state index contributed by atoms with van der Waals surface area (Å²) in [6.07, 6.45) is -0.949. The quantitative estimate of drug-likeness (QED) is 0.479. The number of rotatable bonds is 5. The lowest BCUT2D eigenvalue weighted by molar-refractivity contribution is -0.201. The Morgan fingerprint density at radius 3 is 2.65 bits per heavy atom. The van der Waals surface area contributed by atoms with Crippen LogP contribution < -0.4 is 5.32 Å². The van der Waals surface area contributed by atoms with Crippen molar-refractivity contribution < 1.29 is 22.7 Å². The lowest BCUT2D eigenvalue weighted by Crippen LogP contribution is -2.25. The van der Waals surface area contributed by atoms with Crippen molar-refractivity contribution >= 4 is 17.2 Å². The third-order valence-electron chi connectivity index (χ3n) is 6.89. The molecule has 37 heavy (non-hydrogen) atoms. The molecule has 3 aromatic rings. The van der Waals surface area contributed by atoms with Crippen LogP contribution in [-0.2, 0) is 22.7 Å². The van der Waals surface area contributed by atoms with E-state index in [0.29, 0.717) is 12.1 Å². The second-order valence-electron chi connectivity index (χ2n) is 9.55. The minimum atomic E-state index is -5.00. The number of benzene rings is 2. The lowest BCUT2D eigenvalue weighted by Gasteiger charge is -2.24. The Morgan fingerprint density at radius 1 is 1.16 bits per heavy atom. The second kappa shape index (κ2) is 10.0. The van der Waals surface area contributed by atoms with Gasteiger partial charge in [-0.2, -0.15) is 13.2 Å². The zero-order chi connectivity index (χ0) is 26.2. The molecule has 1 N–H and O–H groups in total. The summed E-state index contributed by atoms with van der Waals surface area (Å²) in [6.45, 7) is 4.16. The maximum Gasteiger partial charge on any atom is 0.490 e. The van der Waals surface area contributed by atoms with Crippen LogP contribution in [0.25, 0.3) is 16.8 Å². The van der Waals surface area contributed by atoms with Crippen molar-refractivity contribution in [2.45, 2.75) is 45.1 Å². The van der Waals surface area contributed by atoms with E-state index in [1.165, 1.54) is 11.1 Å². The summed E-state index contributed by atoms with van der Waals surface area (Å²) < 4.78 is 43.5. The number of halogens is 3. The van der Waals surface area contributed by atoms with Crippen LogP contribution in [0.15, 0.2) is 48.5 Å². The van der Waals surface area contributed by atoms with E-state index < -0.39 is 18.8 Å². The standard InChI is InChI=1S/C27H28F3N5O2/c1-17-25-22-8-5-20(19-9-12-34(2)13-10-19)15-23(22)24(11-14-35(25)33-32-17)31-21-6-3-18(4-7-21)16-37-26(36)27(28,29)30/h3-9,15,24,31H,10-14,16H2,1-2H3. The molecule has 2 aromatic carbocycles. The Hall–Kier alpha value is -3.66. The number of aromatic nitrogens is 3. The molecule has 0 radical (unpaired) electrons. The molecule has 3 heterocycles. The molecule has 0 fully saturated rings. The first-order chi connectivity index (χ1) is 17.7. The fourth-order valence-electron chi connectivity index (χ4n) is 4.88. The summed E-state index contributed by atoms with van der Waals surface area (Å²) in [5.41, 5.74) is 7.98. The molecule has 0 aliphatic carbocycles. The van der Waals surface area contributed by atoms with Crippen molar-refractivity contribution in [2.75, 3.05) is 25.5 Å². The molecule has 0 spiro atoms. The van der Waals surface area contributed by atoms with Crippen LogP contribution in [-0.4, -0.2) is 52.2 Å². The van der Waals surface area contributed by atoms with Gasteiger partial charge in [0.15, 0.2) is 0 Å². The van der Waals surface area contributed by atoms with Gasteiger partial charge >= 0.3 is 12.1 Å². The van der Waals surface area contributed by atoms with Crippen molar-refractivity contribution in [1.29, 1.82) is 0 Å². The highest BCUT2D eigenvalue weighted by Crippen LogP contribution is 2.39. The number of alkyl halides is 3. The fourth-order valence-corrected chi connectivity index (χ4v) is 4.88. The van der Waals surface area contributed by atoms with Crippen LogP contribution in [0.4, 0.5) is 18.9 Å². The van der Waals surface area contributed by atoms with E-state index in [9.17, 15) is 18.0 Å². The summed E-state index contributed by atoms with van der Waals surface area (Å²) in [6, 6.07) is 13.5. The minimum Gasteiger partial charge on any atom is -0.454 e. The molecule has 194 valence electrons. The molecule has 1 unspecified atom stereocenters.